The third kappa shape index (κ3) is 3.27. The number of nitrogens with one attached hydrogen (secondary N) is 1. The number of halogens is 2. The van der Waals surface area contributed by atoms with Crippen molar-refractivity contribution in [1.82, 2.24) is 4.72 Å². The summed E-state index contributed by atoms with van der Waals surface area (Å²) in [5.41, 5.74) is 6.20. The van der Waals surface area contributed by atoms with Gasteiger partial charge in [0.15, 0.2) is 0 Å². The summed E-state index contributed by atoms with van der Waals surface area (Å²) in [7, 11) is -3.86. The predicted octanol–water partition coefficient (Wildman–Crippen LogP) is 2.54. The minimum absolute atomic E-state index is 0.0387. The predicted molar refractivity (Wildman–Crippen MR) is 76.3 cm³/mol. The van der Waals surface area contributed by atoms with Crippen LogP contribution in [0.4, 0.5) is 10.1 Å². The molecule has 0 fully saturated rings. The highest BCUT2D eigenvalue weighted by Gasteiger charge is 2.20. The molecule has 0 heterocycles. The van der Waals surface area contributed by atoms with Crippen LogP contribution in [0.25, 0.3) is 0 Å². The largest absolute Gasteiger partial charge is 0.398 e. The van der Waals surface area contributed by atoms with Crippen LogP contribution in [-0.4, -0.2) is 8.42 Å². The Kier molecular flexibility index (Phi) is 4.27. The van der Waals surface area contributed by atoms with Crippen molar-refractivity contribution in [3.8, 4) is 0 Å². The molecule has 0 amide bonds. The van der Waals surface area contributed by atoms with E-state index in [1.165, 1.54) is 30.3 Å². The normalized spacial score (nSPS) is 11.5. The SMILES string of the molecule is Nc1cccc(Cl)c1S(=O)(=O)NCc1cccc(F)c1. The fourth-order valence-electron chi connectivity index (χ4n) is 1.71. The van der Waals surface area contributed by atoms with Gasteiger partial charge in [0, 0.05) is 6.54 Å². The second kappa shape index (κ2) is 5.78. The van der Waals surface area contributed by atoms with Gasteiger partial charge in [-0.1, -0.05) is 29.8 Å². The minimum atomic E-state index is -3.86. The number of hydrogen-bond acceptors (Lipinski definition) is 3. The first kappa shape index (κ1) is 14.8. The average Bonchev–Trinajstić information content (AvgIpc) is 2.36. The molecule has 0 unspecified atom stereocenters. The maximum atomic E-state index is 13.0. The van der Waals surface area contributed by atoms with E-state index in [2.05, 4.69) is 4.72 Å². The van der Waals surface area contributed by atoms with Gasteiger partial charge in [0.1, 0.15) is 10.7 Å². The molecule has 0 spiro atoms. The first-order valence-corrected chi connectivity index (χ1v) is 7.54. The van der Waals surface area contributed by atoms with Gasteiger partial charge in [-0.15, -0.1) is 0 Å². The molecular formula is C13H12ClFN2O2S. The Morgan fingerprint density at radius 2 is 1.90 bits per heavy atom. The Bertz CT molecular complexity index is 715. The molecule has 2 rings (SSSR count). The van der Waals surface area contributed by atoms with Crippen molar-refractivity contribution in [2.24, 2.45) is 0 Å². The molecule has 4 nitrogen and oxygen atoms in total. The van der Waals surface area contributed by atoms with Crippen molar-refractivity contribution in [2.45, 2.75) is 11.4 Å². The van der Waals surface area contributed by atoms with Crippen LogP contribution in [0, 0.1) is 5.82 Å². The van der Waals surface area contributed by atoms with Crippen LogP contribution in [0.15, 0.2) is 47.4 Å². The Morgan fingerprint density at radius 3 is 2.55 bits per heavy atom. The van der Waals surface area contributed by atoms with E-state index in [4.69, 9.17) is 17.3 Å². The van der Waals surface area contributed by atoms with Gasteiger partial charge >= 0.3 is 0 Å². The summed E-state index contributed by atoms with van der Waals surface area (Å²) < 4.78 is 39.7. The summed E-state index contributed by atoms with van der Waals surface area (Å²) in [6, 6.07) is 10.1. The van der Waals surface area contributed by atoms with Crippen LogP contribution >= 0.6 is 11.6 Å². The molecule has 20 heavy (non-hydrogen) atoms. The molecule has 0 aromatic heterocycles. The maximum absolute atomic E-state index is 13.0. The summed E-state index contributed by atoms with van der Waals surface area (Å²) in [6.45, 7) is -0.0508. The van der Waals surface area contributed by atoms with Crippen LogP contribution < -0.4 is 10.5 Å². The lowest BCUT2D eigenvalue weighted by molar-refractivity contribution is 0.580. The summed E-state index contributed by atoms with van der Waals surface area (Å²) >= 11 is 5.86. The highest BCUT2D eigenvalue weighted by molar-refractivity contribution is 7.89. The topological polar surface area (TPSA) is 72.2 Å². The van der Waals surface area contributed by atoms with Crippen LogP contribution in [0.3, 0.4) is 0 Å². The van der Waals surface area contributed by atoms with Crippen LogP contribution in [-0.2, 0) is 16.6 Å². The Hall–Kier alpha value is -1.63. The van der Waals surface area contributed by atoms with E-state index in [0.29, 0.717) is 5.56 Å². The number of anilines is 1. The zero-order chi connectivity index (χ0) is 14.8. The molecule has 0 atom stereocenters. The molecule has 0 aliphatic rings. The second-order valence-electron chi connectivity index (χ2n) is 4.11. The molecule has 0 saturated carbocycles. The van der Waals surface area contributed by atoms with Crippen molar-refractivity contribution in [3.05, 3.63) is 58.9 Å². The van der Waals surface area contributed by atoms with E-state index in [1.54, 1.807) is 12.1 Å². The molecule has 0 radical (unpaired) electrons. The van der Waals surface area contributed by atoms with Gasteiger partial charge in [0.25, 0.3) is 0 Å². The van der Waals surface area contributed by atoms with Gasteiger partial charge in [-0.3, -0.25) is 0 Å². The molecule has 0 saturated heterocycles. The highest BCUT2D eigenvalue weighted by atomic mass is 35.5. The standard InChI is InChI=1S/C13H12ClFN2O2S/c14-11-5-2-6-12(16)13(11)20(18,19)17-8-9-3-1-4-10(15)7-9/h1-7,17H,8,16H2. The fourth-order valence-corrected chi connectivity index (χ4v) is 3.40. The third-order valence-electron chi connectivity index (χ3n) is 2.62. The molecule has 0 aliphatic heterocycles. The maximum Gasteiger partial charge on any atom is 0.244 e. The molecule has 0 bridgehead atoms. The van der Waals surface area contributed by atoms with E-state index in [-0.39, 0.29) is 22.2 Å². The lowest BCUT2D eigenvalue weighted by Gasteiger charge is -2.10. The first-order valence-electron chi connectivity index (χ1n) is 5.68. The van der Waals surface area contributed by atoms with Crippen LogP contribution in [0.5, 0.6) is 0 Å². The van der Waals surface area contributed by atoms with E-state index in [0.717, 1.165) is 0 Å². The number of nitrogens with two attached hydrogens (primary N) is 1. The number of nitrogen functional groups attached to an aromatic ring is 1. The minimum Gasteiger partial charge on any atom is -0.398 e. The molecule has 2 aromatic rings. The van der Waals surface area contributed by atoms with Gasteiger partial charge in [-0.2, -0.15) is 0 Å². The Labute approximate surface area is 121 Å². The van der Waals surface area contributed by atoms with Crippen molar-refractivity contribution in [1.29, 1.82) is 0 Å². The molecular weight excluding hydrogens is 303 g/mol. The van der Waals surface area contributed by atoms with E-state index >= 15 is 0 Å². The van der Waals surface area contributed by atoms with E-state index < -0.39 is 15.8 Å². The van der Waals surface area contributed by atoms with Gasteiger partial charge in [-0.25, -0.2) is 17.5 Å². The number of sulfonamides is 1. The molecule has 0 aliphatic carbocycles. The number of rotatable bonds is 4. The summed E-state index contributed by atoms with van der Waals surface area (Å²) in [5.74, 6) is -0.432. The number of hydrogen-bond donors (Lipinski definition) is 2. The molecule has 106 valence electrons. The Balaban J connectivity index is 2.24. The smallest absolute Gasteiger partial charge is 0.244 e. The summed E-state index contributed by atoms with van der Waals surface area (Å²) in [6.07, 6.45) is 0. The quantitative estimate of drug-likeness (QED) is 0.852. The van der Waals surface area contributed by atoms with Crippen molar-refractivity contribution >= 4 is 27.3 Å². The van der Waals surface area contributed by atoms with E-state index in [9.17, 15) is 12.8 Å². The van der Waals surface area contributed by atoms with Crippen molar-refractivity contribution in [2.75, 3.05) is 5.73 Å². The van der Waals surface area contributed by atoms with Crippen molar-refractivity contribution in [3.63, 3.8) is 0 Å². The van der Waals surface area contributed by atoms with Gasteiger partial charge < -0.3 is 5.73 Å². The zero-order valence-corrected chi connectivity index (χ0v) is 11.9. The summed E-state index contributed by atoms with van der Waals surface area (Å²) in [4.78, 5) is -0.168. The number of benzene rings is 2. The van der Waals surface area contributed by atoms with E-state index in [1.807, 2.05) is 0 Å². The Morgan fingerprint density at radius 1 is 1.20 bits per heavy atom. The third-order valence-corrected chi connectivity index (χ3v) is 4.57. The second-order valence-corrected chi connectivity index (χ2v) is 6.22. The van der Waals surface area contributed by atoms with Gasteiger partial charge in [0.2, 0.25) is 10.0 Å². The lowest BCUT2D eigenvalue weighted by Crippen LogP contribution is -2.24. The van der Waals surface area contributed by atoms with Gasteiger partial charge in [-0.05, 0) is 29.8 Å². The van der Waals surface area contributed by atoms with Gasteiger partial charge in [0.05, 0.1) is 10.7 Å². The van der Waals surface area contributed by atoms with Crippen LogP contribution in [0.2, 0.25) is 5.02 Å². The zero-order valence-electron chi connectivity index (χ0n) is 10.3. The molecule has 2 aromatic carbocycles. The lowest BCUT2D eigenvalue weighted by atomic mass is 10.2. The monoisotopic (exact) mass is 314 g/mol. The summed E-state index contributed by atoms with van der Waals surface area (Å²) in [5, 5.41) is 0.0387. The molecule has 7 heteroatoms. The average molecular weight is 315 g/mol. The van der Waals surface area contributed by atoms with Crippen molar-refractivity contribution < 1.29 is 12.8 Å². The fraction of sp³-hybridized carbons (Fsp3) is 0.0769. The van der Waals surface area contributed by atoms with Crippen LogP contribution in [0.1, 0.15) is 5.56 Å². The molecule has 3 N–H and O–H groups in total. The first-order chi connectivity index (χ1) is 9.40. The highest BCUT2D eigenvalue weighted by Crippen LogP contribution is 2.26.